The van der Waals surface area contributed by atoms with Gasteiger partial charge in [-0.05, 0) is 49.6 Å². The van der Waals surface area contributed by atoms with Crippen LogP contribution in [0.3, 0.4) is 0 Å². The van der Waals surface area contributed by atoms with Gasteiger partial charge in [0.25, 0.3) is 0 Å². The van der Waals surface area contributed by atoms with Gasteiger partial charge in [-0.3, -0.25) is 4.90 Å². The minimum Gasteiger partial charge on any atom is -0.493 e. The first-order valence-electron chi connectivity index (χ1n) is 8.98. The number of aryl methyl sites for hydroxylation is 1. The van der Waals surface area contributed by atoms with E-state index in [9.17, 15) is 0 Å². The normalized spacial score (nSPS) is 15.4. The molecule has 1 aliphatic heterocycles. The molecule has 0 atom stereocenters. The highest BCUT2D eigenvalue weighted by atomic mass is 16.5. The summed E-state index contributed by atoms with van der Waals surface area (Å²) in [6, 6.07) is 17.1. The highest BCUT2D eigenvalue weighted by Gasteiger charge is 2.11. The summed E-state index contributed by atoms with van der Waals surface area (Å²) < 4.78 is 11.2. The van der Waals surface area contributed by atoms with Crippen LogP contribution in [0.1, 0.15) is 18.9 Å². The van der Waals surface area contributed by atoms with Gasteiger partial charge in [-0.1, -0.05) is 36.4 Å². The number of ether oxygens (including phenoxy) is 2. The van der Waals surface area contributed by atoms with E-state index < -0.39 is 0 Å². The maximum atomic E-state index is 5.82. The summed E-state index contributed by atoms with van der Waals surface area (Å²) in [6.07, 6.45) is 2.28. The first-order chi connectivity index (χ1) is 11.9. The van der Waals surface area contributed by atoms with Crippen molar-refractivity contribution in [3.8, 4) is 16.9 Å². The van der Waals surface area contributed by atoms with E-state index in [2.05, 4.69) is 53.4 Å². The Morgan fingerprint density at radius 1 is 1.04 bits per heavy atom. The van der Waals surface area contributed by atoms with E-state index >= 15 is 0 Å². The maximum absolute atomic E-state index is 5.82. The summed E-state index contributed by atoms with van der Waals surface area (Å²) >= 11 is 0. The molecule has 0 aliphatic carbocycles. The van der Waals surface area contributed by atoms with E-state index in [0.29, 0.717) is 6.61 Å². The molecule has 0 saturated carbocycles. The van der Waals surface area contributed by atoms with Crippen LogP contribution in [0.15, 0.2) is 48.5 Å². The molecule has 1 saturated heterocycles. The third kappa shape index (κ3) is 4.59. The number of benzene rings is 2. The van der Waals surface area contributed by atoms with E-state index in [1.54, 1.807) is 0 Å². The predicted octanol–water partition coefficient (Wildman–Crippen LogP) is 4.02. The molecule has 128 valence electrons. The molecule has 3 rings (SSSR count). The summed E-state index contributed by atoms with van der Waals surface area (Å²) in [6.45, 7) is 7.76. The van der Waals surface area contributed by atoms with Crippen molar-refractivity contribution in [2.45, 2.75) is 19.8 Å². The van der Waals surface area contributed by atoms with Crippen LogP contribution in [-0.2, 0) is 11.2 Å². The SMILES string of the molecule is CCOc1ccc(CCCN2CCOCC2)cc1-c1ccccc1. The van der Waals surface area contributed by atoms with Crippen molar-refractivity contribution in [2.24, 2.45) is 0 Å². The van der Waals surface area contributed by atoms with Gasteiger partial charge in [-0.2, -0.15) is 0 Å². The van der Waals surface area contributed by atoms with Crippen LogP contribution in [0.2, 0.25) is 0 Å². The Bertz CT molecular complexity index is 621. The van der Waals surface area contributed by atoms with E-state index in [1.807, 2.05) is 6.92 Å². The molecule has 3 heteroatoms. The summed E-state index contributed by atoms with van der Waals surface area (Å²) in [5, 5.41) is 0. The molecule has 1 aliphatic rings. The number of nitrogens with zero attached hydrogens (tertiary/aromatic N) is 1. The minimum atomic E-state index is 0.691. The molecule has 0 unspecified atom stereocenters. The molecule has 0 radical (unpaired) electrons. The van der Waals surface area contributed by atoms with Gasteiger partial charge in [0.1, 0.15) is 5.75 Å². The molecule has 0 bridgehead atoms. The Hall–Kier alpha value is -1.84. The third-order valence-corrected chi connectivity index (χ3v) is 4.47. The zero-order chi connectivity index (χ0) is 16.6. The van der Waals surface area contributed by atoms with Crippen LogP contribution >= 0.6 is 0 Å². The van der Waals surface area contributed by atoms with Gasteiger partial charge in [0.15, 0.2) is 0 Å². The zero-order valence-corrected chi connectivity index (χ0v) is 14.5. The van der Waals surface area contributed by atoms with Crippen LogP contribution in [-0.4, -0.2) is 44.4 Å². The van der Waals surface area contributed by atoms with E-state index in [0.717, 1.165) is 45.0 Å². The van der Waals surface area contributed by atoms with Crippen molar-refractivity contribution in [3.63, 3.8) is 0 Å². The fourth-order valence-electron chi connectivity index (χ4n) is 3.19. The van der Waals surface area contributed by atoms with Crippen molar-refractivity contribution in [2.75, 3.05) is 39.5 Å². The van der Waals surface area contributed by atoms with Gasteiger partial charge >= 0.3 is 0 Å². The Morgan fingerprint density at radius 3 is 2.58 bits per heavy atom. The van der Waals surface area contributed by atoms with E-state index in [-0.39, 0.29) is 0 Å². The summed E-state index contributed by atoms with van der Waals surface area (Å²) in [4.78, 5) is 2.50. The molecule has 1 fully saturated rings. The van der Waals surface area contributed by atoms with E-state index in [4.69, 9.17) is 9.47 Å². The molecule has 0 spiro atoms. The molecule has 2 aromatic carbocycles. The van der Waals surface area contributed by atoms with Crippen molar-refractivity contribution >= 4 is 0 Å². The quantitative estimate of drug-likeness (QED) is 0.767. The standard InChI is InChI=1S/C21H27NO2/c1-2-24-21-11-10-18(7-6-12-22-13-15-23-16-14-22)17-20(21)19-8-4-3-5-9-19/h3-5,8-11,17H,2,6-7,12-16H2,1H3. The topological polar surface area (TPSA) is 21.7 Å². The predicted molar refractivity (Wildman–Crippen MR) is 98.6 cm³/mol. The maximum Gasteiger partial charge on any atom is 0.127 e. The molecule has 0 N–H and O–H groups in total. The van der Waals surface area contributed by atoms with Crippen LogP contribution in [0.25, 0.3) is 11.1 Å². The Balaban J connectivity index is 1.67. The molecule has 2 aromatic rings. The molecule has 0 amide bonds. The average molecular weight is 325 g/mol. The Morgan fingerprint density at radius 2 is 1.83 bits per heavy atom. The summed E-state index contributed by atoms with van der Waals surface area (Å²) in [7, 11) is 0. The summed E-state index contributed by atoms with van der Waals surface area (Å²) in [5.41, 5.74) is 3.79. The second kappa shape index (κ2) is 8.86. The second-order valence-electron chi connectivity index (χ2n) is 6.19. The van der Waals surface area contributed by atoms with Gasteiger partial charge in [0, 0.05) is 18.7 Å². The monoisotopic (exact) mass is 325 g/mol. The Kier molecular flexibility index (Phi) is 6.27. The van der Waals surface area contributed by atoms with Crippen molar-refractivity contribution < 1.29 is 9.47 Å². The van der Waals surface area contributed by atoms with Gasteiger partial charge in [0.2, 0.25) is 0 Å². The average Bonchev–Trinajstić information content (AvgIpc) is 2.65. The highest BCUT2D eigenvalue weighted by Crippen LogP contribution is 2.31. The zero-order valence-electron chi connectivity index (χ0n) is 14.5. The highest BCUT2D eigenvalue weighted by molar-refractivity contribution is 5.71. The van der Waals surface area contributed by atoms with Gasteiger partial charge in [0.05, 0.1) is 19.8 Å². The molecule has 0 aromatic heterocycles. The molecule has 3 nitrogen and oxygen atoms in total. The lowest BCUT2D eigenvalue weighted by molar-refractivity contribution is 0.0375. The van der Waals surface area contributed by atoms with E-state index in [1.165, 1.54) is 23.1 Å². The first-order valence-corrected chi connectivity index (χ1v) is 8.98. The molecule has 1 heterocycles. The number of rotatable bonds is 7. The summed E-state index contributed by atoms with van der Waals surface area (Å²) in [5.74, 6) is 0.973. The lowest BCUT2D eigenvalue weighted by Crippen LogP contribution is -2.36. The number of morpholine rings is 1. The minimum absolute atomic E-state index is 0.691. The van der Waals surface area contributed by atoms with Crippen molar-refractivity contribution in [1.82, 2.24) is 4.90 Å². The third-order valence-electron chi connectivity index (χ3n) is 4.47. The van der Waals surface area contributed by atoms with Gasteiger partial charge in [-0.15, -0.1) is 0 Å². The van der Waals surface area contributed by atoms with Crippen LogP contribution in [0.5, 0.6) is 5.75 Å². The fourth-order valence-corrected chi connectivity index (χ4v) is 3.19. The lowest BCUT2D eigenvalue weighted by Gasteiger charge is -2.26. The lowest BCUT2D eigenvalue weighted by atomic mass is 9.99. The largest absolute Gasteiger partial charge is 0.493 e. The number of hydrogen-bond donors (Lipinski definition) is 0. The van der Waals surface area contributed by atoms with Crippen LogP contribution < -0.4 is 4.74 Å². The fraction of sp³-hybridized carbons (Fsp3) is 0.429. The van der Waals surface area contributed by atoms with Crippen molar-refractivity contribution in [3.05, 3.63) is 54.1 Å². The van der Waals surface area contributed by atoms with Crippen LogP contribution in [0.4, 0.5) is 0 Å². The van der Waals surface area contributed by atoms with Crippen LogP contribution in [0, 0.1) is 0 Å². The smallest absolute Gasteiger partial charge is 0.127 e. The van der Waals surface area contributed by atoms with Crippen molar-refractivity contribution in [1.29, 1.82) is 0 Å². The molecular weight excluding hydrogens is 298 g/mol. The Labute approximate surface area is 145 Å². The molecular formula is C21H27NO2. The second-order valence-corrected chi connectivity index (χ2v) is 6.19. The molecule has 24 heavy (non-hydrogen) atoms. The number of hydrogen-bond acceptors (Lipinski definition) is 3. The first kappa shape index (κ1) is 17.0. The van der Waals surface area contributed by atoms with Gasteiger partial charge in [-0.25, -0.2) is 0 Å². The van der Waals surface area contributed by atoms with Gasteiger partial charge < -0.3 is 9.47 Å².